The first-order valence-electron chi connectivity index (χ1n) is 7.68. The molecule has 2 nitrogen and oxygen atoms in total. The van der Waals surface area contributed by atoms with Gasteiger partial charge >= 0.3 is 0 Å². The maximum absolute atomic E-state index is 4.86. The quantitative estimate of drug-likeness (QED) is 0.611. The maximum Gasteiger partial charge on any atom is 0.138 e. The molecule has 1 aromatic heterocycles. The number of rotatable bonds is 5. The lowest BCUT2D eigenvalue weighted by atomic mass is 10.1. The van der Waals surface area contributed by atoms with Gasteiger partial charge in [0, 0.05) is 21.3 Å². The minimum atomic E-state index is 0.942. The zero-order chi connectivity index (χ0) is 15.4. The number of halogens is 1. The van der Waals surface area contributed by atoms with Gasteiger partial charge in [-0.1, -0.05) is 71.7 Å². The Labute approximate surface area is 139 Å². The van der Waals surface area contributed by atoms with Gasteiger partial charge in [0.25, 0.3) is 0 Å². The van der Waals surface area contributed by atoms with Crippen LogP contribution in [0.3, 0.4) is 0 Å². The molecule has 112 valence electrons. The number of hydrogen-bond acceptors (Lipinski definition) is 1. The second-order valence-corrected chi connectivity index (χ2v) is 6.30. The number of imidazole rings is 1. The van der Waals surface area contributed by atoms with Gasteiger partial charge in [0.2, 0.25) is 0 Å². The molecule has 0 amide bonds. The molecule has 0 unspecified atom stereocenters. The van der Waals surface area contributed by atoms with Crippen LogP contribution in [0.25, 0.3) is 22.6 Å². The SMILES string of the molecule is CCCCc1[nH]c(-c2ccc(Br)cc2)nc1-c1ccccc1. The van der Waals surface area contributed by atoms with Gasteiger partial charge in [-0.25, -0.2) is 4.98 Å². The Kier molecular flexibility index (Phi) is 4.74. The van der Waals surface area contributed by atoms with Crippen LogP contribution in [0.1, 0.15) is 25.5 Å². The Hall–Kier alpha value is -1.87. The molecular formula is C19H19BrN2. The molecule has 3 heteroatoms. The Morgan fingerprint density at radius 1 is 0.955 bits per heavy atom. The average molecular weight is 355 g/mol. The Bertz CT molecular complexity index is 730. The van der Waals surface area contributed by atoms with Gasteiger partial charge in [0.15, 0.2) is 0 Å². The normalized spacial score (nSPS) is 10.8. The van der Waals surface area contributed by atoms with Crippen LogP contribution < -0.4 is 0 Å². The number of nitrogens with zero attached hydrogens (tertiary/aromatic N) is 1. The molecule has 2 aromatic carbocycles. The van der Waals surface area contributed by atoms with Crippen molar-refractivity contribution in [2.45, 2.75) is 26.2 Å². The molecule has 0 saturated carbocycles. The highest BCUT2D eigenvalue weighted by atomic mass is 79.9. The number of unbranched alkanes of at least 4 members (excludes halogenated alkanes) is 1. The van der Waals surface area contributed by atoms with E-state index >= 15 is 0 Å². The summed E-state index contributed by atoms with van der Waals surface area (Å²) in [6.07, 6.45) is 3.38. The van der Waals surface area contributed by atoms with Gasteiger partial charge < -0.3 is 4.98 Å². The highest BCUT2D eigenvalue weighted by Gasteiger charge is 2.12. The molecule has 0 spiro atoms. The summed E-state index contributed by atoms with van der Waals surface area (Å²) in [6.45, 7) is 2.22. The highest BCUT2D eigenvalue weighted by molar-refractivity contribution is 9.10. The average Bonchev–Trinajstić information content (AvgIpc) is 2.98. The topological polar surface area (TPSA) is 28.7 Å². The van der Waals surface area contributed by atoms with Crippen LogP contribution in [-0.4, -0.2) is 9.97 Å². The van der Waals surface area contributed by atoms with E-state index in [9.17, 15) is 0 Å². The molecule has 0 aliphatic rings. The lowest BCUT2D eigenvalue weighted by Crippen LogP contribution is -1.89. The van der Waals surface area contributed by atoms with Crippen LogP contribution in [0.2, 0.25) is 0 Å². The highest BCUT2D eigenvalue weighted by Crippen LogP contribution is 2.27. The van der Waals surface area contributed by atoms with Crippen molar-refractivity contribution in [2.75, 3.05) is 0 Å². The van der Waals surface area contributed by atoms with Crippen LogP contribution in [0.5, 0.6) is 0 Å². The Morgan fingerprint density at radius 3 is 2.36 bits per heavy atom. The number of aryl methyl sites for hydroxylation is 1. The smallest absolute Gasteiger partial charge is 0.138 e. The van der Waals surface area contributed by atoms with Crippen LogP contribution in [0.4, 0.5) is 0 Å². The molecule has 0 atom stereocenters. The fourth-order valence-corrected chi connectivity index (χ4v) is 2.79. The predicted octanol–water partition coefficient (Wildman–Crippen LogP) is 5.85. The van der Waals surface area contributed by atoms with Crippen molar-refractivity contribution in [2.24, 2.45) is 0 Å². The third-order valence-corrected chi connectivity index (χ3v) is 4.25. The van der Waals surface area contributed by atoms with E-state index in [1.165, 1.54) is 24.1 Å². The monoisotopic (exact) mass is 354 g/mol. The zero-order valence-corrected chi connectivity index (χ0v) is 14.2. The van der Waals surface area contributed by atoms with Gasteiger partial charge in [-0.2, -0.15) is 0 Å². The molecule has 0 fully saturated rings. The number of H-pyrrole nitrogens is 1. The third-order valence-electron chi connectivity index (χ3n) is 3.72. The van der Waals surface area contributed by atoms with Crippen molar-refractivity contribution >= 4 is 15.9 Å². The molecule has 0 bridgehead atoms. The molecule has 3 aromatic rings. The van der Waals surface area contributed by atoms with Gasteiger partial charge in [-0.15, -0.1) is 0 Å². The Morgan fingerprint density at radius 2 is 1.68 bits per heavy atom. The van der Waals surface area contributed by atoms with E-state index in [0.29, 0.717) is 0 Å². The van der Waals surface area contributed by atoms with Crippen molar-refractivity contribution in [1.29, 1.82) is 0 Å². The minimum absolute atomic E-state index is 0.942. The van der Waals surface area contributed by atoms with E-state index in [4.69, 9.17) is 4.98 Å². The molecule has 3 rings (SSSR count). The summed E-state index contributed by atoms with van der Waals surface area (Å²) in [5.41, 5.74) is 4.59. The van der Waals surface area contributed by atoms with E-state index < -0.39 is 0 Å². The van der Waals surface area contributed by atoms with E-state index in [1.54, 1.807) is 0 Å². The molecule has 0 radical (unpaired) electrons. The molecule has 0 aliphatic carbocycles. The number of nitrogens with one attached hydrogen (secondary N) is 1. The molecule has 1 N–H and O–H groups in total. The van der Waals surface area contributed by atoms with E-state index in [1.807, 2.05) is 18.2 Å². The first kappa shape index (κ1) is 15.0. The van der Waals surface area contributed by atoms with E-state index in [0.717, 1.165) is 28.0 Å². The lowest BCUT2D eigenvalue weighted by molar-refractivity contribution is 0.782. The molecule has 0 saturated heterocycles. The van der Waals surface area contributed by atoms with Crippen LogP contribution >= 0.6 is 15.9 Å². The van der Waals surface area contributed by atoms with Crippen LogP contribution in [-0.2, 0) is 6.42 Å². The van der Waals surface area contributed by atoms with E-state index in [-0.39, 0.29) is 0 Å². The van der Waals surface area contributed by atoms with Crippen LogP contribution in [0, 0.1) is 0 Å². The lowest BCUT2D eigenvalue weighted by Gasteiger charge is -2.01. The summed E-state index contributed by atoms with van der Waals surface area (Å²) >= 11 is 3.48. The van der Waals surface area contributed by atoms with Gasteiger partial charge in [-0.3, -0.25) is 0 Å². The summed E-state index contributed by atoms with van der Waals surface area (Å²) in [7, 11) is 0. The predicted molar refractivity (Wildman–Crippen MR) is 95.8 cm³/mol. The van der Waals surface area contributed by atoms with Gasteiger partial charge in [-0.05, 0) is 25.0 Å². The standard InChI is InChI=1S/C19H19BrN2/c1-2-3-9-17-18(14-7-5-4-6-8-14)22-19(21-17)15-10-12-16(20)13-11-15/h4-8,10-13H,2-3,9H2,1H3,(H,21,22). The van der Waals surface area contributed by atoms with Crippen molar-refractivity contribution in [3.63, 3.8) is 0 Å². The third kappa shape index (κ3) is 3.30. The number of aromatic nitrogens is 2. The summed E-state index contributed by atoms with van der Waals surface area (Å²) < 4.78 is 1.08. The summed E-state index contributed by atoms with van der Waals surface area (Å²) in [4.78, 5) is 8.39. The van der Waals surface area contributed by atoms with Crippen molar-refractivity contribution in [3.05, 3.63) is 64.8 Å². The number of aromatic amines is 1. The largest absolute Gasteiger partial charge is 0.341 e. The van der Waals surface area contributed by atoms with Crippen molar-refractivity contribution in [3.8, 4) is 22.6 Å². The summed E-state index contributed by atoms with van der Waals surface area (Å²) in [5.74, 6) is 0.942. The van der Waals surface area contributed by atoms with Gasteiger partial charge in [0.1, 0.15) is 5.82 Å². The zero-order valence-electron chi connectivity index (χ0n) is 12.6. The van der Waals surface area contributed by atoms with E-state index in [2.05, 4.69) is 64.2 Å². The second kappa shape index (κ2) is 6.93. The fraction of sp³-hybridized carbons (Fsp3) is 0.211. The Balaban J connectivity index is 2.02. The second-order valence-electron chi connectivity index (χ2n) is 5.39. The maximum atomic E-state index is 4.86. The first-order chi connectivity index (χ1) is 10.8. The molecular weight excluding hydrogens is 336 g/mol. The summed E-state index contributed by atoms with van der Waals surface area (Å²) in [5, 5.41) is 0. The number of hydrogen-bond donors (Lipinski definition) is 1. The van der Waals surface area contributed by atoms with Crippen molar-refractivity contribution in [1.82, 2.24) is 9.97 Å². The minimum Gasteiger partial charge on any atom is -0.341 e. The molecule has 0 aliphatic heterocycles. The first-order valence-corrected chi connectivity index (χ1v) is 8.47. The van der Waals surface area contributed by atoms with Crippen molar-refractivity contribution < 1.29 is 0 Å². The molecule has 22 heavy (non-hydrogen) atoms. The van der Waals surface area contributed by atoms with Crippen LogP contribution in [0.15, 0.2) is 59.1 Å². The van der Waals surface area contributed by atoms with Gasteiger partial charge in [0.05, 0.1) is 5.69 Å². The fourth-order valence-electron chi connectivity index (χ4n) is 2.52. The number of benzene rings is 2. The molecule has 1 heterocycles. The summed E-state index contributed by atoms with van der Waals surface area (Å²) in [6, 6.07) is 18.7.